The lowest BCUT2D eigenvalue weighted by atomic mass is 10.2. The van der Waals surface area contributed by atoms with Crippen molar-refractivity contribution in [2.45, 2.75) is 39.0 Å². The van der Waals surface area contributed by atoms with Crippen LogP contribution in [0.15, 0.2) is 0 Å². The molecule has 0 aromatic heterocycles. The van der Waals surface area contributed by atoms with Crippen LogP contribution in [0.4, 0.5) is 4.20 Å². The molecule has 0 saturated carbocycles. The van der Waals surface area contributed by atoms with Crippen LogP contribution in [-0.4, -0.2) is 11.1 Å². The van der Waals surface area contributed by atoms with Crippen LogP contribution >= 0.6 is 9.55 Å². The molecule has 0 saturated heterocycles. The molecule has 0 aliphatic carbocycles. The molecule has 0 heterocycles. The zero-order valence-electron chi connectivity index (χ0n) is 6.85. The molecule has 0 aliphatic heterocycles. The van der Waals surface area contributed by atoms with Crippen molar-refractivity contribution in [3.8, 4) is 0 Å². The van der Waals surface area contributed by atoms with Gasteiger partial charge in [-0.3, -0.25) is 4.79 Å². The molecule has 11 heavy (non-hydrogen) atoms. The molecule has 4 heteroatoms. The van der Waals surface area contributed by atoms with Crippen molar-refractivity contribution in [3.05, 3.63) is 0 Å². The Morgan fingerprint density at radius 3 is 2.27 bits per heavy atom. The Kier molecular flexibility index (Phi) is 15.3. The molecule has 0 aromatic rings. The minimum absolute atomic E-state index is 0.333. The molecule has 68 valence electrons. The molecule has 0 spiro atoms. The fourth-order valence-corrected chi connectivity index (χ4v) is 0.703. The van der Waals surface area contributed by atoms with Crippen LogP contribution in [0.3, 0.4) is 0 Å². The third-order valence-electron chi connectivity index (χ3n) is 1.24. The second-order valence-corrected chi connectivity index (χ2v) is 2.20. The quantitative estimate of drug-likeness (QED) is 0.524. The summed E-state index contributed by atoms with van der Waals surface area (Å²) < 4.78 is 9.42. The van der Waals surface area contributed by atoms with E-state index in [-0.39, 0.29) is 0 Å². The highest BCUT2D eigenvalue weighted by atomic mass is 31.1. The molecule has 0 fully saturated rings. The Labute approximate surface area is 69.5 Å². The maximum absolute atomic E-state index is 9.96. The summed E-state index contributed by atoms with van der Waals surface area (Å²) in [7, 11) is 0.917. The normalized spacial score (nSPS) is 8.27. The Bertz CT molecular complexity index is 88.5. The lowest BCUT2D eigenvalue weighted by Crippen LogP contribution is -1.92. The molecule has 0 bridgehead atoms. The number of hydrogen-bond donors (Lipinski definition) is 1. The van der Waals surface area contributed by atoms with Gasteiger partial charge in [-0.2, -0.15) is 0 Å². The molecule has 0 amide bonds. The predicted molar refractivity (Wildman–Crippen MR) is 47.2 cm³/mol. The highest BCUT2D eigenvalue weighted by molar-refractivity contribution is 7.09. The number of unbranched alkanes of at least 4 members (excludes halogenated alkanes) is 3. The first-order valence-corrected chi connectivity index (χ1v) is 4.14. The van der Waals surface area contributed by atoms with Gasteiger partial charge in [-0.15, -0.1) is 0 Å². The first kappa shape index (κ1) is 13.4. The molecule has 0 radical (unpaired) electrons. The number of carbonyl (C=O) groups is 1. The second-order valence-electron chi connectivity index (χ2n) is 2.20. The van der Waals surface area contributed by atoms with Gasteiger partial charge in [0.25, 0.3) is 0 Å². The van der Waals surface area contributed by atoms with Gasteiger partial charge in [-0.05, 0) is 6.42 Å². The van der Waals surface area contributed by atoms with Crippen LogP contribution in [0.25, 0.3) is 0 Å². The molecular formula is C7H16FO2P. The third-order valence-corrected chi connectivity index (χ3v) is 1.24. The minimum atomic E-state index is -0.675. The minimum Gasteiger partial charge on any atom is -0.481 e. The van der Waals surface area contributed by atoms with Crippen molar-refractivity contribution in [2.75, 3.05) is 0 Å². The van der Waals surface area contributed by atoms with Crippen LogP contribution in [0.5, 0.6) is 0 Å². The van der Waals surface area contributed by atoms with Crippen LogP contribution < -0.4 is 0 Å². The van der Waals surface area contributed by atoms with Crippen molar-refractivity contribution in [1.82, 2.24) is 0 Å². The number of carboxylic acids is 1. The highest BCUT2D eigenvalue weighted by Crippen LogP contribution is 2.01. The van der Waals surface area contributed by atoms with Gasteiger partial charge in [-0.25, -0.2) is 4.20 Å². The van der Waals surface area contributed by atoms with E-state index in [0.29, 0.717) is 6.42 Å². The summed E-state index contributed by atoms with van der Waals surface area (Å²) in [6.45, 7) is 2.11. The number of carboxylic acid groups (broad SMARTS) is 1. The number of hydrogen-bond acceptors (Lipinski definition) is 1. The van der Waals surface area contributed by atoms with E-state index in [0.717, 1.165) is 28.8 Å². The van der Waals surface area contributed by atoms with Crippen LogP contribution in [0.2, 0.25) is 0 Å². The maximum Gasteiger partial charge on any atom is 0.303 e. The molecule has 1 N–H and O–H groups in total. The third kappa shape index (κ3) is 17.7. The Balaban J connectivity index is 0. The summed E-state index contributed by atoms with van der Waals surface area (Å²) in [4.78, 5) is 9.96. The predicted octanol–water partition coefficient (Wildman–Crippen LogP) is 2.79. The molecule has 1 unspecified atom stereocenters. The van der Waals surface area contributed by atoms with Gasteiger partial charge < -0.3 is 5.11 Å². The van der Waals surface area contributed by atoms with Gasteiger partial charge in [0.05, 0.1) is 9.55 Å². The van der Waals surface area contributed by atoms with Crippen molar-refractivity contribution in [1.29, 1.82) is 0 Å². The monoisotopic (exact) mass is 182 g/mol. The van der Waals surface area contributed by atoms with E-state index < -0.39 is 5.97 Å². The highest BCUT2D eigenvalue weighted by Gasteiger charge is 1.93. The second kappa shape index (κ2) is 12.5. The summed E-state index contributed by atoms with van der Waals surface area (Å²) in [6.07, 6.45) is 4.55. The number of aliphatic carboxylic acids is 1. The van der Waals surface area contributed by atoms with E-state index in [1.165, 1.54) is 6.42 Å². The van der Waals surface area contributed by atoms with Gasteiger partial charge in [0.15, 0.2) is 0 Å². The zero-order chi connectivity index (χ0) is 9.11. The average molecular weight is 182 g/mol. The van der Waals surface area contributed by atoms with Crippen LogP contribution in [0.1, 0.15) is 39.0 Å². The lowest BCUT2D eigenvalue weighted by Gasteiger charge is -1.92. The summed E-state index contributed by atoms with van der Waals surface area (Å²) in [6, 6.07) is 0. The maximum atomic E-state index is 9.96. The van der Waals surface area contributed by atoms with Crippen LogP contribution in [-0.2, 0) is 4.79 Å². The van der Waals surface area contributed by atoms with Crippen molar-refractivity contribution >= 4 is 15.5 Å². The van der Waals surface area contributed by atoms with E-state index in [1.54, 1.807) is 0 Å². The fraction of sp³-hybridized carbons (Fsp3) is 0.857. The summed E-state index contributed by atoms with van der Waals surface area (Å²) in [5.74, 6) is -0.675. The SMILES string of the molecule is CCCCCCC(=O)O.FP. The largest absolute Gasteiger partial charge is 0.481 e. The number of rotatable bonds is 5. The van der Waals surface area contributed by atoms with E-state index >= 15 is 0 Å². The van der Waals surface area contributed by atoms with Crippen molar-refractivity contribution < 1.29 is 14.1 Å². The van der Waals surface area contributed by atoms with Gasteiger partial charge in [0.2, 0.25) is 0 Å². The van der Waals surface area contributed by atoms with E-state index in [1.807, 2.05) is 0 Å². The van der Waals surface area contributed by atoms with Gasteiger partial charge in [0, 0.05) is 6.42 Å². The van der Waals surface area contributed by atoms with E-state index in [9.17, 15) is 8.99 Å². The van der Waals surface area contributed by atoms with Crippen molar-refractivity contribution in [2.24, 2.45) is 0 Å². The van der Waals surface area contributed by atoms with E-state index in [4.69, 9.17) is 5.11 Å². The van der Waals surface area contributed by atoms with Gasteiger partial charge in [0.1, 0.15) is 0 Å². The summed E-state index contributed by atoms with van der Waals surface area (Å²) in [5, 5.41) is 8.21. The lowest BCUT2D eigenvalue weighted by molar-refractivity contribution is -0.137. The van der Waals surface area contributed by atoms with E-state index in [2.05, 4.69) is 6.92 Å². The number of halogens is 1. The first-order chi connectivity index (χ1) is 5.27. The molecule has 0 rings (SSSR count). The smallest absolute Gasteiger partial charge is 0.303 e. The zero-order valence-corrected chi connectivity index (χ0v) is 8.00. The molecular weight excluding hydrogens is 166 g/mol. The summed E-state index contributed by atoms with van der Waals surface area (Å²) >= 11 is 0. The molecule has 1 atom stereocenters. The molecule has 0 aromatic carbocycles. The Morgan fingerprint density at radius 1 is 1.36 bits per heavy atom. The average Bonchev–Trinajstić information content (AvgIpc) is 2.02. The fourth-order valence-electron chi connectivity index (χ4n) is 0.703. The van der Waals surface area contributed by atoms with Crippen molar-refractivity contribution in [3.63, 3.8) is 0 Å². The van der Waals surface area contributed by atoms with Crippen LogP contribution in [0, 0.1) is 0 Å². The first-order valence-electron chi connectivity index (χ1n) is 3.71. The Hall–Kier alpha value is -0.170. The summed E-state index contributed by atoms with van der Waals surface area (Å²) in [5.41, 5.74) is 0. The van der Waals surface area contributed by atoms with Gasteiger partial charge in [-0.1, -0.05) is 26.2 Å². The molecule has 2 nitrogen and oxygen atoms in total. The topological polar surface area (TPSA) is 37.3 Å². The Morgan fingerprint density at radius 2 is 1.91 bits per heavy atom. The molecule has 0 aliphatic rings. The van der Waals surface area contributed by atoms with Gasteiger partial charge >= 0.3 is 5.97 Å². The standard InChI is InChI=1S/C7H14O2.FH2P/c1-2-3-4-5-6-7(8)9;1-2/h2-6H2,1H3,(H,8,9);2H2.